The van der Waals surface area contributed by atoms with E-state index in [2.05, 4.69) is 5.92 Å². The monoisotopic (exact) mass is 277 g/mol. The van der Waals surface area contributed by atoms with E-state index in [1.165, 1.54) is 0 Å². The van der Waals surface area contributed by atoms with Gasteiger partial charge in [0.15, 0.2) is 0 Å². The van der Waals surface area contributed by atoms with E-state index in [0.29, 0.717) is 15.5 Å². The second kappa shape index (κ2) is 5.30. The first-order valence-corrected chi connectivity index (χ1v) is 6.26. The van der Waals surface area contributed by atoms with Gasteiger partial charge in [0.05, 0.1) is 11.4 Å². The smallest absolute Gasteiger partial charge is 0.268 e. The molecule has 1 aliphatic heterocycles. The number of hydrogen-bond acceptors (Lipinski definition) is 3. The quantitative estimate of drug-likeness (QED) is 0.616. The lowest BCUT2D eigenvalue weighted by molar-refractivity contribution is -0.122. The van der Waals surface area contributed by atoms with E-state index in [0.717, 1.165) is 16.7 Å². The molecule has 0 atom stereocenters. The van der Waals surface area contributed by atoms with E-state index in [9.17, 15) is 9.59 Å². The van der Waals surface area contributed by atoms with Gasteiger partial charge in [-0.2, -0.15) is 0 Å². The second-order valence-electron chi connectivity index (χ2n) is 3.49. The Morgan fingerprint density at radius 3 is 2.78 bits per heavy atom. The number of nitrogens with zero attached hydrogens (tertiary/aromatic N) is 1. The van der Waals surface area contributed by atoms with E-state index < -0.39 is 0 Å². The number of hydrogen-bond donors (Lipinski definition) is 0. The maximum Gasteiger partial charge on any atom is 0.294 e. The number of halogens is 1. The van der Waals surface area contributed by atoms with Gasteiger partial charge in [-0.25, -0.2) is 0 Å². The Hall–Kier alpha value is -1.70. The zero-order valence-electron chi connectivity index (χ0n) is 9.22. The summed E-state index contributed by atoms with van der Waals surface area (Å²) in [6, 6.07) is 7.10. The first-order chi connectivity index (χ1) is 8.63. The van der Waals surface area contributed by atoms with Crippen LogP contribution in [0, 0.1) is 12.3 Å². The molecule has 5 heteroatoms. The number of terminal acetylenes is 1. The van der Waals surface area contributed by atoms with Crippen LogP contribution in [0.5, 0.6) is 0 Å². The Bertz CT molecular complexity index is 589. The lowest BCUT2D eigenvalue weighted by atomic mass is 10.2. The fraction of sp³-hybridized carbons (Fsp3) is 0.0769. The minimum Gasteiger partial charge on any atom is -0.268 e. The lowest BCUT2D eigenvalue weighted by Gasteiger charge is -2.06. The average Bonchev–Trinajstić information content (AvgIpc) is 2.60. The van der Waals surface area contributed by atoms with Crippen LogP contribution in [0.4, 0.5) is 4.79 Å². The number of carbonyl (C=O) groups is 2. The molecule has 1 aromatic rings. The first-order valence-electron chi connectivity index (χ1n) is 5.07. The molecule has 1 heterocycles. The maximum atomic E-state index is 11.9. The molecule has 0 saturated carbocycles. The Morgan fingerprint density at radius 2 is 2.11 bits per heavy atom. The SMILES string of the molecule is C#CCN1C(=O)S/C(=C/c2ccccc2Cl)C1=O. The third-order valence-corrected chi connectivity index (χ3v) is 3.57. The number of carbonyl (C=O) groups excluding carboxylic acids is 2. The Morgan fingerprint density at radius 1 is 1.39 bits per heavy atom. The molecular formula is C13H8ClNO2S. The van der Waals surface area contributed by atoms with Crippen molar-refractivity contribution in [3.63, 3.8) is 0 Å². The predicted octanol–water partition coefficient (Wildman–Crippen LogP) is 3.01. The van der Waals surface area contributed by atoms with E-state index >= 15 is 0 Å². The predicted molar refractivity (Wildman–Crippen MR) is 73.0 cm³/mol. The molecule has 18 heavy (non-hydrogen) atoms. The summed E-state index contributed by atoms with van der Waals surface area (Å²) in [5, 5.41) is 0.178. The molecule has 0 radical (unpaired) electrons. The number of imide groups is 1. The molecule has 90 valence electrons. The Labute approximate surface area is 114 Å². The summed E-state index contributed by atoms with van der Waals surface area (Å²) in [6.45, 7) is -0.00940. The van der Waals surface area contributed by atoms with Crippen molar-refractivity contribution in [2.45, 2.75) is 0 Å². The third kappa shape index (κ3) is 2.42. The fourth-order valence-corrected chi connectivity index (χ4v) is 2.48. The summed E-state index contributed by atoms with van der Waals surface area (Å²) < 4.78 is 0. The molecule has 0 spiro atoms. The number of benzene rings is 1. The van der Waals surface area contributed by atoms with Crippen molar-refractivity contribution in [2.24, 2.45) is 0 Å². The highest BCUT2D eigenvalue weighted by atomic mass is 35.5. The molecule has 1 saturated heterocycles. The van der Waals surface area contributed by atoms with Gasteiger partial charge in [-0.1, -0.05) is 35.7 Å². The Kier molecular flexibility index (Phi) is 3.75. The summed E-state index contributed by atoms with van der Waals surface area (Å²) in [7, 11) is 0. The summed E-state index contributed by atoms with van der Waals surface area (Å²) >= 11 is 6.86. The standard InChI is InChI=1S/C13H8ClNO2S/c1-2-7-15-12(16)11(18-13(15)17)8-9-5-3-4-6-10(9)14/h1,3-6,8H,7H2/b11-8+. The summed E-state index contributed by atoms with van der Waals surface area (Å²) in [5.41, 5.74) is 0.699. The van der Waals surface area contributed by atoms with Crippen molar-refractivity contribution in [2.75, 3.05) is 6.54 Å². The van der Waals surface area contributed by atoms with Crippen LogP contribution < -0.4 is 0 Å². The highest BCUT2D eigenvalue weighted by molar-refractivity contribution is 8.18. The highest BCUT2D eigenvalue weighted by Crippen LogP contribution is 2.32. The molecule has 0 aromatic heterocycles. The average molecular weight is 278 g/mol. The number of amides is 2. The Balaban J connectivity index is 2.32. The number of thioether (sulfide) groups is 1. The largest absolute Gasteiger partial charge is 0.294 e. The zero-order valence-corrected chi connectivity index (χ0v) is 10.8. The van der Waals surface area contributed by atoms with Crippen molar-refractivity contribution < 1.29 is 9.59 Å². The fourth-order valence-electron chi connectivity index (χ4n) is 1.46. The molecule has 1 aromatic carbocycles. The molecule has 0 bridgehead atoms. The van der Waals surface area contributed by atoms with Crippen LogP contribution in [0.3, 0.4) is 0 Å². The van der Waals surface area contributed by atoms with Crippen molar-refractivity contribution in [3.05, 3.63) is 39.8 Å². The van der Waals surface area contributed by atoms with Crippen molar-refractivity contribution in [1.82, 2.24) is 4.90 Å². The zero-order chi connectivity index (χ0) is 13.1. The first kappa shape index (κ1) is 12.7. The molecule has 1 aliphatic rings. The number of rotatable bonds is 2. The van der Waals surface area contributed by atoms with Gasteiger partial charge in [0, 0.05) is 5.02 Å². The van der Waals surface area contributed by atoms with Crippen LogP contribution in [0.15, 0.2) is 29.2 Å². The van der Waals surface area contributed by atoms with Crippen LogP contribution in [-0.4, -0.2) is 22.6 Å². The van der Waals surface area contributed by atoms with Gasteiger partial charge in [-0.05, 0) is 29.5 Å². The lowest BCUT2D eigenvalue weighted by Crippen LogP contribution is -2.28. The molecular weight excluding hydrogens is 270 g/mol. The summed E-state index contributed by atoms with van der Waals surface area (Å²) in [6.07, 6.45) is 6.71. The molecule has 2 rings (SSSR count). The van der Waals surface area contributed by atoms with Crippen LogP contribution in [0.1, 0.15) is 5.56 Å². The van der Waals surface area contributed by atoms with Gasteiger partial charge in [-0.3, -0.25) is 14.5 Å². The van der Waals surface area contributed by atoms with Crippen molar-refractivity contribution >= 4 is 40.6 Å². The van der Waals surface area contributed by atoms with Gasteiger partial charge in [-0.15, -0.1) is 6.42 Å². The summed E-state index contributed by atoms with van der Waals surface area (Å²) in [5.74, 6) is 1.91. The highest BCUT2D eigenvalue weighted by Gasteiger charge is 2.34. The molecule has 2 amide bonds. The van der Waals surface area contributed by atoms with Gasteiger partial charge in [0.1, 0.15) is 0 Å². The van der Waals surface area contributed by atoms with E-state index in [4.69, 9.17) is 18.0 Å². The van der Waals surface area contributed by atoms with Gasteiger partial charge in [0.25, 0.3) is 11.1 Å². The normalized spacial score (nSPS) is 17.3. The molecule has 0 unspecified atom stereocenters. The van der Waals surface area contributed by atoms with Crippen molar-refractivity contribution in [1.29, 1.82) is 0 Å². The third-order valence-electron chi connectivity index (χ3n) is 2.31. The molecule has 0 aliphatic carbocycles. The minimum atomic E-state index is -0.372. The van der Waals surface area contributed by atoms with Gasteiger partial charge >= 0.3 is 0 Å². The molecule has 0 N–H and O–H groups in total. The van der Waals surface area contributed by atoms with Crippen LogP contribution >= 0.6 is 23.4 Å². The van der Waals surface area contributed by atoms with Gasteiger partial charge < -0.3 is 0 Å². The van der Waals surface area contributed by atoms with Crippen molar-refractivity contribution in [3.8, 4) is 12.3 Å². The molecule has 1 fully saturated rings. The van der Waals surface area contributed by atoms with E-state index in [1.54, 1.807) is 24.3 Å². The van der Waals surface area contributed by atoms with Crippen LogP contribution in [-0.2, 0) is 4.79 Å². The van der Waals surface area contributed by atoms with Gasteiger partial charge in [0.2, 0.25) is 0 Å². The van der Waals surface area contributed by atoms with Crippen LogP contribution in [0.25, 0.3) is 6.08 Å². The molecule has 3 nitrogen and oxygen atoms in total. The second-order valence-corrected chi connectivity index (χ2v) is 4.89. The maximum absolute atomic E-state index is 11.9. The van der Waals surface area contributed by atoms with E-state index in [-0.39, 0.29) is 17.7 Å². The minimum absolute atomic E-state index is 0.00940. The summed E-state index contributed by atoms with van der Waals surface area (Å²) in [4.78, 5) is 24.8. The van der Waals surface area contributed by atoms with Crippen LogP contribution in [0.2, 0.25) is 5.02 Å². The van der Waals surface area contributed by atoms with E-state index in [1.807, 2.05) is 6.07 Å². The topological polar surface area (TPSA) is 37.4 Å².